The van der Waals surface area contributed by atoms with Crippen molar-refractivity contribution in [1.82, 2.24) is 4.90 Å². The lowest BCUT2D eigenvalue weighted by Gasteiger charge is -2.67. The Labute approximate surface area is 127 Å². The van der Waals surface area contributed by atoms with Crippen LogP contribution in [0, 0.1) is 18.3 Å². The van der Waals surface area contributed by atoms with E-state index in [1.807, 2.05) is 13.0 Å². The number of hydrogen-bond donors (Lipinski definition) is 1. The van der Waals surface area contributed by atoms with E-state index >= 15 is 0 Å². The molecule has 1 aliphatic heterocycles. The first-order chi connectivity index (χ1) is 9.86. The number of hydrogen-bond acceptors (Lipinski definition) is 4. The second-order valence-electron chi connectivity index (χ2n) is 7.48. The lowest BCUT2D eigenvalue weighted by molar-refractivity contribution is -0.231. The standard InChI is InChI=1S/C17H28N2O2/c1-12-13(7-9-20-12)10-19(4)11-17(18)14-6-5-8-21-15(14)16(17,2)3/h7,9,14-15H,5-6,8,10-11,18H2,1-4H3. The van der Waals surface area contributed by atoms with Crippen molar-refractivity contribution in [2.24, 2.45) is 17.1 Å². The van der Waals surface area contributed by atoms with Crippen LogP contribution in [0.15, 0.2) is 16.7 Å². The van der Waals surface area contributed by atoms with Crippen LogP contribution >= 0.6 is 0 Å². The van der Waals surface area contributed by atoms with Gasteiger partial charge in [-0.05, 0) is 32.9 Å². The molecule has 0 bridgehead atoms. The van der Waals surface area contributed by atoms with Crippen LogP contribution in [0.2, 0.25) is 0 Å². The second-order valence-corrected chi connectivity index (χ2v) is 7.48. The summed E-state index contributed by atoms with van der Waals surface area (Å²) < 4.78 is 11.4. The Morgan fingerprint density at radius 1 is 1.43 bits per heavy atom. The molecule has 1 saturated heterocycles. The van der Waals surface area contributed by atoms with E-state index in [0.29, 0.717) is 12.0 Å². The minimum atomic E-state index is -0.162. The van der Waals surface area contributed by atoms with Crippen molar-refractivity contribution in [3.63, 3.8) is 0 Å². The summed E-state index contributed by atoms with van der Waals surface area (Å²) in [5.41, 5.74) is 7.98. The SMILES string of the molecule is Cc1occc1CN(C)CC1(N)C2CCCOC2C1(C)C. The first-order valence-corrected chi connectivity index (χ1v) is 7.98. The zero-order valence-corrected chi connectivity index (χ0v) is 13.7. The number of ether oxygens (including phenoxy) is 1. The summed E-state index contributed by atoms with van der Waals surface area (Å²) in [6.45, 7) is 9.21. The lowest BCUT2D eigenvalue weighted by atomic mass is 9.46. The van der Waals surface area contributed by atoms with Crippen molar-refractivity contribution >= 4 is 0 Å². The molecule has 2 heterocycles. The summed E-state index contributed by atoms with van der Waals surface area (Å²) in [6.07, 6.45) is 4.43. The van der Waals surface area contributed by atoms with Gasteiger partial charge in [0, 0.05) is 42.1 Å². The molecule has 4 heteroatoms. The molecule has 1 aliphatic carbocycles. The van der Waals surface area contributed by atoms with E-state index in [-0.39, 0.29) is 11.0 Å². The fourth-order valence-corrected chi connectivity index (χ4v) is 4.36. The van der Waals surface area contributed by atoms with Crippen molar-refractivity contribution < 1.29 is 9.15 Å². The van der Waals surface area contributed by atoms with Crippen LogP contribution in [0.1, 0.15) is 38.0 Å². The average Bonchev–Trinajstić information content (AvgIpc) is 2.84. The van der Waals surface area contributed by atoms with Crippen molar-refractivity contribution in [2.75, 3.05) is 20.2 Å². The van der Waals surface area contributed by atoms with E-state index < -0.39 is 0 Å². The third-order valence-corrected chi connectivity index (χ3v) is 5.83. The molecule has 118 valence electrons. The second kappa shape index (κ2) is 5.11. The van der Waals surface area contributed by atoms with Gasteiger partial charge in [-0.1, -0.05) is 13.8 Å². The number of likely N-dealkylation sites (N-methyl/N-ethyl adjacent to an activating group) is 1. The number of nitrogens with two attached hydrogens (primary N) is 1. The molecule has 1 aromatic rings. The van der Waals surface area contributed by atoms with E-state index in [9.17, 15) is 0 Å². The van der Waals surface area contributed by atoms with Gasteiger partial charge in [0.2, 0.25) is 0 Å². The predicted molar refractivity (Wildman–Crippen MR) is 82.9 cm³/mol. The lowest BCUT2D eigenvalue weighted by Crippen LogP contribution is -2.80. The molecule has 2 aliphatic rings. The van der Waals surface area contributed by atoms with Crippen LogP contribution in [0.5, 0.6) is 0 Å². The molecular weight excluding hydrogens is 264 g/mol. The molecule has 3 atom stereocenters. The van der Waals surface area contributed by atoms with Crippen molar-refractivity contribution in [1.29, 1.82) is 0 Å². The van der Waals surface area contributed by atoms with Crippen LogP contribution in [-0.2, 0) is 11.3 Å². The van der Waals surface area contributed by atoms with Gasteiger partial charge < -0.3 is 19.8 Å². The van der Waals surface area contributed by atoms with Gasteiger partial charge in [0.05, 0.1) is 12.4 Å². The van der Waals surface area contributed by atoms with Crippen molar-refractivity contribution in [2.45, 2.75) is 51.8 Å². The van der Waals surface area contributed by atoms with Gasteiger partial charge >= 0.3 is 0 Å². The van der Waals surface area contributed by atoms with E-state index in [2.05, 4.69) is 25.8 Å². The first-order valence-electron chi connectivity index (χ1n) is 7.98. The fourth-order valence-electron chi connectivity index (χ4n) is 4.36. The molecule has 1 aromatic heterocycles. The van der Waals surface area contributed by atoms with Gasteiger partial charge in [-0.15, -0.1) is 0 Å². The van der Waals surface area contributed by atoms with Crippen molar-refractivity contribution in [3.8, 4) is 0 Å². The highest BCUT2D eigenvalue weighted by molar-refractivity contribution is 5.21. The maximum Gasteiger partial charge on any atom is 0.105 e. The number of aryl methyl sites for hydroxylation is 1. The molecule has 21 heavy (non-hydrogen) atoms. The summed E-state index contributed by atoms with van der Waals surface area (Å²) >= 11 is 0. The highest BCUT2D eigenvalue weighted by Gasteiger charge is 2.66. The molecule has 3 rings (SSSR count). The quantitative estimate of drug-likeness (QED) is 0.926. The van der Waals surface area contributed by atoms with Crippen molar-refractivity contribution in [3.05, 3.63) is 23.7 Å². The molecule has 2 fully saturated rings. The first kappa shape index (κ1) is 15.1. The maximum atomic E-state index is 6.86. The monoisotopic (exact) mass is 292 g/mol. The highest BCUT2D eigenvalue weighted by atomic mass is 16.5. The minimum absolute atomic E-state index is 0.0395. The molecule has 1 saturated carbocycles. The molecular formula is C17H28N2O2. The van der Waals surface area contributed by atoms with Crippen LogP contribution in [0.25, 0.3) is 0 Å². The fraction of sp³-hybridized carbons (Fsp3) is 0.765. The summed E-state index contributed by atoms with van der Waals surface area (Å²) in [4.78, 5) is 2.32. The normalized spacial score (nSPS) is 34.6. The van der Waals surface area contributed by atoms with E-state index in [1.54, 1.807) is 6.26 Å². The van der Waals surface area contributed by atoms with Crippen LogP contribution in [-0.4, -0.2) is 36.7 Å². The Morgan fingerprint density at radius 3 is 2.86 bits per heavy atom. The zero-order chi connectivity index (χ0) is 15.3. The van der Waals surface area contributed by atoms with Gasteiger partial charge in [-0.3, -0.25) is 0 Å². The molecule has 0 aromatic carbocycles. The molecule has 3 unspecified atom stereocenters. The summed E-state index contributed by atoms with van der Waals surface area (Å²) in [5, 5.41) is 0. The number of furan rings is 1. The largest absolute Gasteiger partial charge is 0.469 e. The summed E-state index contributed by atoms with van der Waals surface area (Å²) in [7, 11) is 2.15. The Balaban J connectivity index is 1.69. The predicted octanol–water partition coefficient (Wildman–Crippen LogP) is 2.55. The topological polar surface area (TPSA) is 51.6 Å². The van der Waals surface area contributed by atoms with Gasteiger partial charge in [-0.25, -0.2) is 0 Å². The average molecular weight is 292 g/mol. The van der Waals surface area contributed by atoms with E-state index in [0.717, 1.165) is 31.9 Å². The Morgan fingerprint density at radius 2 is 2.19 bits per heavy atom. The Kier molecular flexibility index (Phi) is 3.67. The molecule has 2 N–H and O–H groups in total. The third kappa shape index (κ3) is 2.24. The van der Waals surface area contributed by atoms with Crippen LogP contribution < -0.4 is 5.73 Å². The molecule has 0 spiro atoms. The zero-order valence-electron chi connectivity index (χ0n) is 13.7. The smallest absolute Gasteiger partial charge is 0.105 e. The number of fused-ring (bicyclic) bond motifs is 1. The van der Waals surface area contributed by atoms with E-state index in [4.69, 9.17) is 14.9 Å². The highest BCUT2D eigenvalue weighted by Crippen LogP contribution is 2.57. The third-order valence-electron chi connectivity index (χ3n) is 5.83. The van der Waals surface area contributed by atoms with Gasteiger partial charge in [-0.2, -0.15) is 0 Å². The molecule has 0 radical (unpaired) electrons. The number of nitrogens with zero attached hydrogens (tertiary/aromatic N) is 1. The number of rotatable bonds is 4. The van der Waals surface area contributed by atoms with E-state index in [1.165, 1.54) is 12.0 Å². The van der Waals surface area contributed by atoms with Gasteiger partial charge in [0.25, 0.3) is 0 Å². The van der Waals surface area contributed by atoms with Gasteiger partial charge in [0.15, 0.2) is 0 Å². The Hall–Kier alpha value is -0.840. The van der Waals surface area contributed by atoms with Crippen LogP contribution in [0.3, 0.4) is 0 Å². The maximum absolute atomic E-state index is 6.86. The van der Waals surface area contributed by atoms with Crippen LogP contribution in [0.4, 0.5) is 0 Å². The summed E-state index contributed by atoms with van der Waals surface area (Å²) in [6, 6.07) is 2.05. The van der Waals surface area contributed by atoms with Gasteiger partial charge in [0.1, 0.15) is 5.76 Å². The Bertz CT molecular complexity index is 511. The molecule has 4 nitrogen and oxygen atoms in total. The summed E-state index contributed by atoms with van der Waals surface area (Å²) in [5.74, 6) is 1.49. The minimum Gasteiger partial charge on any atom is -0.469 e. The molecule has 0 amide bonds.